The summed E-state index contributed by atoms with van der Waals surface area (Å²) < 4.78 is 23.4. The Kier molecular flexibility index (Phi) is 5.25. The molecule has 1 N–H and O–H groups in total. The van der Waals surface area contributed by atoms with Crippen molar-refractivity contribution >= 4 is 9.84 Å². The molecule has 0 aromatic rings. The van der Waals surface area contributed by atoms with Gasteiger partial charge in [0.1, 0.15) is 0 Å². The van der Waals surface area contributed by atoms with Crippen LogP contribution in [0.2, 0.25) is 0 Å². The summed E-state index contributed by atoms with van der Waals surface area (Å²) in [5.74, 6) is 0.964. The molecule has 0 aliphatic heterocycles. The maximum absolute atomic E-state index is 11.7. The summed E-state index contributed by atoms with van der Waals surface area (Å²) in [6, 6.07) is 0.598. The third kappa shape index (κ3) is 4.06. The van der Waals surface area contributed by atoms with Crippen LogP contribution in [0, 0.1) is 5.92 Å². The van der Waals surface area contributed by atoms with Gasteiger partial charge < -0.3 is 5.32 Å². The van der Waals surface area contributed by atoms with E-state index in [0.717, 1.165) is 12.8 Å². The lowest BCUT2D eigenvalue weighted by Crippen LogP contribution is -2.32. The van der Waals surface area contributed by atoms with Gasteiger partial charge in [0.15, 0.2) is 9.84 Å². The topological polar surface area (TPSA) is 46.2 Å². The lowest BCUT2D eigenvalue weighted by molar-refractivity contribution is 0.290. The molecule has 0 aromatic carbocycles. The molecule has 0 saturated heterocycles. The largest absolute Gasteiger partial charge is 0.317 e. The second kappa shape index (κ2) is 6.01. The number of rotatable bonds is 5. The second-order valence-electron chi connectivity index (χ2n) is 5.22. The van der Waals surface area contributed by atoms with Gasteiger partial charge in [-0.25, -0.2) is 8.42 Å². The average Bonchev–Trinajstić information content (AvgIpc) is 2.26. The number of hydrogen-bond donors (Lipinski definition) is 1. The van der Waals surface area contributed by atoms with Crippen molar-refractivity contribution in [3.63, 3.8) is 0 Å². The van der Waals surface area contributed by atoms with Gasteiger partial charge in [0, 0.05) is 6.04 Å². The van der Waals surface area contributed by atoms with E-state index >= 15 is 0 Å². The monoisotopic (exact) mass is 247 g/mol. The first-order chi connectivity index (χ1) is 7.45. The summed E-state index contributed by atoms with van der Waals surface area (Å²) in [6.45, 7) is 3.54. The van der Waals surface area contributed by atoms with E-state index in [-0.39, 0.29) is 5.25 Å². The molecule has 2 atom stereocenters. The molecular weight excluding hydrogens is 222 g/mol. The fourth-order valence-corrected chi connectivity index (χ4v) is 3.52. The van der Waals surface area contributed by atoms with E-state index in [1.54, 1.807) is 13.8 Å². The van der Waals surface area contributed by atoms with Gasteiger partial charge in [0.05, 0.1) is 11.0 Å². The number of sulfone groups is 1. The van der Waals surface area contributed by atoms with E-state index in [1.807, 2.05) is 7.05 Å². The molecule has 16 heavy (non-hydrogen) atoms. The number of hydrogen-bond acceptors (Lipinski definition) is 3. The Morgan fingerprint density at radius 1 is 1.31 bits per heavy atom. The lowest BCUT2D eigenvalue weighted by atomic mass is 9.84. The Bertz CT molecular complexity index is 298. The summed E-state index contributed by atoms with van der Waals surface area (Å²) in [5.41, 5.74) is 0. The van der Waals surface area contributed by atoms with Crippen LogP contribution in [-0.2, 0) is 9.84 Å². The van der Waals surface area contributed by atoms with Crippen molar-refractivity contribution in [1.29, 1.82) is 0 Å². The third-order valence-corrected chi connectivity index (χ3v) is 5.96. The summed E-state index contributed by atoms with van der Waals surface area (Å²) in [5, 5.41) is 3.08. The minimum atomic E-state index is -2.84. The summed E-state index contributed by atoms with van der Waals surface area (Å²) >= 11 is 0. The first-order valence-corrected chi connectivity index (χ1v) is 8.06. The van der Waals surface area contributed by atoms with Crippen LogP contribution in [0.1, 0.15) is 46.0 Å². The van der Waals surface area contributed by atoms with E-state index in [2.05, 4.69) is 5.32 Å². The Balaban J connectivity index is 2.38. The highest BCUT2D eigenvalue weighted by Gasteiger charge is 2.23. The SMILES string of the molecule is CNC1CCCC(CCS(=O)(=O)C(C)C)C1. The predicted octanol–water partition coefficient (Wildman–Crippen LogP) is 1.98. The van der Waals surface area contributed by atoms with Gasteiger partial charge in [0.2, 0.25) is 0 Å². The molecular formula is C12H25NO2S. The Morgan fingerprint density at radius 3 is 2.56 bits per heavy atom. The van der Waals surface area contributed by atoms with E-state index < -0.39 is 9.84 Å². The van der Waals surface area contributed by atoms with Crippen LogP contribution in [0.15, 0.2) is 0 Å². The highest BCUT2D eigenvalue weighted by molar-refractivity contribution is 7.91. The van der Waals surface area contributed by atoms with Crippen molar-refractivity contribution < 1.29 is 8.42 Å². The molecule has 0 spiro atoms. The van der Waals surface area contributed by atoms with Crippen molar-refractivity contribution in [2.24, 2.45) is 5.92 Å². The molecule has 0 radical (unpaired) electrons. The fourth-order valence-electron chi connectivity index (χ4n) is 2.38. The smallest absolute Gasteiger partial charge is 0.152 e. The van der Waals surface area contributed by atoms with Gasteiger partial charge >= 0.3 is 0 Å². The Morgan fingerprint density at radius 2 is 2.00 bits per heavy atom. The average molecular weight is 247 g/mol. The zero-order valence-electron chi connectivity index (χ0n) is 10.7. The molecule has 3 nitrogen and oxygen atoms in total. The van der Waals surface area contributed by atoms with Crippen molar-refractivity contribution in [3.8, 4) is 0 Å². The molecule has 96 valence electrons. The molecule has 0 amide bonds. The molecule has 0 bridgehead atoms. The van der Waals surface area contributed by atoms with Gasteiger partial charge in [-0.05, 0) is 46.1 Å². The van der Waals surface area contributed by atoms with Crippen LogP contribution in [0.3, 0.4) is 0 Å². The van der Waals surface area contributed by atoms with Gasteiger partial charge in [-0.2, -0.15) is 0 Å². The Labute approximate surface area is 99.9 Å². The van der Waals surface area contributed by atoms with Crippen molar-refractivity contribution in [2.45, 2.75) is 57.2 Å². The fraction of sp³-hybridized carbons (Fsp3) is 1.00. The van der Waals surface area contributed by atoms with E-state index in [0.29, 0.717) is 17.7 Å². The normalized spacial score (nSPS) is 27.2. The molecule has 0 heterocycles. The minimum Gasteiger partial charge on any atom is -0.317 e. The molecule has 1 aliphatic rings. The predicted molar refractivity (Wildman–Crippen MR) is 68.3 cm³/mol. The zero-order chi connectivity index (χ0) is 12.2. The summed E-state index contributed by atoms with van der Waals surface area (Å²) in [6.07, 6.45) is 5.66. The van der Waals surface area contributed by atoms with Crippen LogP contribution < -0.4 is 5.32 Å². The molecule has 2 unspecified atom stereocenters. The van der Waals surface area contributed by atoms with Gasteiger partial charge in [0.25, 0.3) is 0 Å². The molecule has 1 fully saturated rings. The lowest BCUT2D eigenvalue weighted by Gasteiger charge is -2.28. The summed E-state index contributed by atoms with van der Waals surface area (Å²) in [4.78, 5) is 0. The quantitative estimate of drug-likeness (QED) is 0.808. The van der Waals surface area contributed by atoms with E-state index in [1.165, 1.54) is 19.3 Å². The molecule has 1 rings (SSSR count). The standard InChI is InChI=1S/C12H25NO2S/c1-10(2)16(14,15)8-7-11-5-4-6-12(9-11)13-3/h10-13H,4-9H2,1-3H3. The van der Waals surface area contributed by atoms with Crippen molar-refractivity contribution in [3.05, 3.63) is 0 Å². The van der Waals surface area contributed by atoms with E-state index in [4.69, 9.17) is 0 Å². The van der Waals surface area contributed by atoms with Gasteiger partial charge in [-0.1, -0.05) is 12.8 Å². The third-order valence-electron chi connectivity index (χ3n) is 3.72. The van der Waals surface area contributed by atoms with Crippen LogP contribution >= 0.6 is 0 Å². The van der Waals surface area contributed by atoms with Crippen molar-refractivity contribution in [2.75, 3.05) is 12.8 Å². The highest BCUT2D eigenvalue weighted by atomic mass is 32.2. The second-order valence-corrected chi connectivity index (χ2v) is 7.90. The molecule has 0 aromatic heterocycles. The maximum Gasteiger partial charge on any atom is 0.152 e. The molecule has 1 saturated carbocycles. The highest BCUT2D eigenvalue weighted by Crippen LogP contribution is 2.27. The van der Waals surface area contributed by atoms with Crippen LogP contribution in [0.5, 0.6) is 0 Å². The van der Waals surface area contributed by atoms with Crippen LogP contribution in [0.25, 0.3) is 0 Å². The first kappa shape index (κ1) is 14.0. The van der Waals surface area contributed by atoms with Crippen LogP contribution in [-0.4, -0.2) is 32.5 Å². The molecule has 1 aliphatic carbocycles. The van der Waals surface area contributed by atoms with Crippen LogP contribution in [0.4, 0.5) is 0 Å². The number of nitrogens with one attached hydrogen (secondary N) is 1. The Hall–Kier alpha value is -0.0900. The molecule has 4 heteroatoms. The van der Waals surface area contributed by atoms with Gasteiger partial charge in [-0.15, -0.1) is 0 Å². The van der Waals surface area contributed by atoms with Crippen molar-refractivity contribution in [1.82, 2.24) is 5.32 Å². The zero-order valence-corrected chi connectivity index (χ0v) is 11.5. The maximum atomic E-state index is 11.7. The first-order valence-electron chi connectivity index (χ1n) is 6.34. The van der Waals surface area contributed by atoms with Gasteiger partial charge in [-0.3, -0.25) is 0 Å². The summed E-state index contributed by atoms with van der Waals surface area (Å²) in [7, 11) is -0.844. The minimum absolute atomic E-state index is 0.226. The van der Waals surface area contributed by atoms with E-state index in [9.17, 15) is 8.42 Å².